The highest BCUT2D eigenvalue weighted by atomic mass is 19.1. The maximum absolute atomic E-state index is 13.3. The van der Waals surface area contributed by atoms with Crippen LogP contribution in [0.5, 0.6) is 0 Å². The van der Waals surface area contributed by atoms with Crippen LogP contribution in [0.25, 0.3) is 0 Å². The molecule has 0 radical (unpaired) electrons. The van der Waals surface area contributed by atoms with Crippen LogP contribution in [0.1, 0.15) is 36.8 Å². The summed E-state index contributed by atoms with van der Waals surface area (Å²) in [7, 11) is 0. The molecule has 1 amide bonds. The molecule has 154 valence electrons. The van der Waals surface area contributed by atoms with E-state index >= 15 is 0 Å². The Hall–Kier alpha value is -3.41. The van der Waals surface area contributed by atoms with Crippen LogP contribution in [0.3, 0.4) is 0 Å². The maximum atomic E-state index is 13.3. The van der Waals surface area contributed by atoms with Crippen molar-refractivity contribution in [2.24, 2.45) is 0 Å². The Balaban J connectivity index is 1.46. The lowest BCUT2D eigenvalue weighted by Gasteiger charge is -2.28. The number of pyridine rings is 1. The summed E-state index contributed by atoms with van der Waals surface area (Å²) in [6, 6.07) is 19.8. The number of aromatic nitrogens is 1. The van der Waals surface area contributed by atoms with E-state index < -0.39 is 5.41 Å². The molecule has 3 aromatic rings. The first-order chi connectivity index (χ1) is 14.6. The summed E-state index contributed by atoms with van der Waals surface area (Å²) >= 11 is 0. The maximum Gasteiger partial charge on any atom is 0.235 e. The van der Waals surface area contributed by atoms with Gasteiger partial charge in [0.2, 0.25) is 5.91 Å². The van der Waals surface area contributed by atoms with Gasteiger partial charge in [0, 0.05) is 6.54 Å². The van der Waals surface area contributed by atoms with Crippen molar-refractivity contribution in [3.05, 3.63) is 83.7 Å². The van der Waals surface area contributed by atoms with Gasteiger partial charge in [-0.25, -0.2) is 9.37 Å². The van der Waals surface area contributed by atoms with E-state index in [0.29, 0.717) is 18.1 Å². The molecular formula is C24H25FN4O. The predicted molar refractivity (Wildman–Crippen MR) is 118 cm³/mol. The highest BCUT2D eigenvalue weighted by molar-refractivity contribution is 6.01. The summed E-state index contributed by atoms with van der Waals surface area (Å²) in [6.45, 7) is 0.496. The number of carbonyl (C=O) groups is 1. The molecule has 6 heteroatoms. The quantitative estimate of drug-likeness (QED) is 0.548. The minimum absolute atomic E-state index is 0.0354. The van der Waals surface area contributed by atoms with Gasteiger partial charge < -0.3 is 16.4 Å². The lowest BCUT2D eigenvalue weighted by atomic mass is 9.78. The lowest BCUT2D eigenvalue weighted by Crippen LogP contribution is -2.38. The number of halogens is 1. The van der Waals surface area contributed by atoms with Gasteiger partial charge in [-0.15, -0.1) is 0 Å². The van der Waals surface area contributed by atoms with Crippen molar-refractivity contribution in [3.63, 3.8) is 0 Å². The summed E-state index contributed by atoms with van der Waals surface area (Å²) < 4.78 is 13.0. The fourth-order valence-corrected chi connectivity index (χ4v) is 4.10. The number of carbonyl (C=O) groups excluding carboxylic acids is 1. The third-order valence-corrected chi connectivity index (χ3v) is 5.78. The minimum atomic E-state index is -0.521. The zero-order valence-corrected chi connectivity index (χ0v) is 16.7. The number of nitrogens with one attached hydrogen (secondary N) is 2. The third-order valence-electron chi connectivity index (χ3n) is 5.78. The van der Waals surface area contributed by atoms with E-state index in [1.54, 1.807) is 24.3 Å². The topological polar surface area (TPSA) is 80.0 Å². The molecule has 5 nitrogen and oxygen atoms in total. The van der Waals surface area contributed by atoms with Crippen molar-refractivity contribution in [2.45, 2.75) is 37.6 Å². The Bertz CT molecular complexity index is 1020. The van der Waals surface area contributed by atoms with Crippen LogP contribution in [0.2, 0.25) is 0 Å². The molecule has 1 aliphatic carbocycles. The van der Waals surface area contributed by atoms with E-state index in [2.05, 4.69) is 15.6 Å². The summed E-state index contributed by atoms with van der Waals surface area (Å²) in [5.41, 5.74) is 8.09. The van der Waals surface area contributed by atoms with E-state index in [4.69, 9.17) is 5.73 Å². The van der Waals surface area contributed by atoms with Crippen molar-refractivity contribution >= 4 is 23.2 Å². The molecule has 1 heterocycles. The largest absolute Gasteiger partial charge is 0.382 e. The summed E-state index contributed by atoms with van der Waals surface area (Å²) in [6.07, 6.45) is 3.71. The monoisotopic (exact) mass is 404 g/mol. The molecule has 4 rings (SSSR count). The second-order valence-electron chi connectivity index (χ2n) is 7.72. The number of nitrogen functional groups attached to an aromatic ring is 1. The van der Waals surface area contributed by atoms with Crippen LogP contribution < -0.4 is 16.4 Å². The van der Waals surface area contributed by atoms with Crippen LogP contribution in [0.15, 0.2) is 66.7 Å². The van der Waals surface area contributed by atoms with E-state index in [-0.39, 0.29) is 17.5 Å². The number of rotatable bonds is 6. The molecular weight excluding hydrogens is 379 g/mol. The van der Waals surface area contributed by atoms with Crippen LogP contribution in [-0.2, 0) is 16.8 Å². The summed E-state index contributed by atoms with van der Waals surface area (Å²) in [4.78, 5) is 17.6. The van der Waals surface area contributed by atoms with Crippen molar-refractivity contribution in [3.8, 4) is 0 Å². The van der Waals surface area contributed by atoms with Gasteiger partial charge >= 0.3 is 0 Å². The molecule has 0 aliphatic heterocycles. The SMILES string of the molecule is Nc1nc(NCc2ccc(F)cc2)ccc1NC(=O)C1(c2ccccc2)CCCC1. The van der Waals surface area contributed by atoms with Gasteiger partial charge in [-0.3, -0.25) is 4.79 Å². The number of nitrogens with zero attached hydrogens (tertiary/aromatic N) is 1. The van der Waals surface area contributed by atoms with E-state index in [9.17, 15) is 9.18 Å². The molecule has 2 aromatic carbocycles. The molecule has 1 aliphatic rings. The Kier molecular flexibility index (Phi) is 5.65. The highest BCUT2D eigenvalue weighted by Gasteiger charge is 2.42. The first-order valence-electron chi connectivity index (χ1n) is 10.2. The Labute approximate surface area is 175 Å². The molecule has 1 aromatic heterocycles. The summed E-state index contributed by atoms with van der Waals surface area (Å²) in [5, 5.41) is 6.17. The smallest absolute Gasteiger partial charge is 0.235 e. The second kappa shape index (κ2) is 8.53. The lowest BCUT2D eigenvalue weighted by molar-refractivity contribution is -0.121. The minimum Gasteiger partial charge on any atom is -0.382 e. The fraction of sp³-hybridized carbons (Fsp3) is 0.250. The molecule has 0 bridgehead atoms. The number of hydrogen-bond donors (Lipinski definition) is 3. The first kappa shape index (κ1) is 19.9. The van der Waals surface area contributed by atoms with Gasteiger partial charge in [0.15, 0.2) is 0 Å². The second-order valence-corrected chi connectivity index (χ2v) is 7.72. The normalized spacial score (nSPS) is 15.0. The molecule has 0 unspecified atom stereocenters. The van der Waals surface area contributed by atoms with E-state index in [0.717, 1.165) is 36.8 Å². The van der Waals surface area contributed by atoms with Gasteiger partial charge in [-0.05, 0) is 48.2 Å². The number of benzene rings is 2. The van der Waals surface area contributed by atoms with Crippen LogP contribution in [-0.4, -0.2) is 10.9 Å². The van der Waals surface area contributed by atoms with E-state index in [1.165, 1.54) is 12.1 Å². The zero-order chi connectivity index (χ0) is 21.0. The van der Waals surface area contributed by atoms with Crippen molar-refractivity contribution in [2.75, 3.05) is 16.4 Å². The Morgan fingerprint density at radius 3 is 2.37 bits per heavy atom. The van der Waals surface area contributed by atoms with Gasteiger partial charge in [-0.1, -0.05) is 55.3 Å². The Morgan fingerprint density at radius 1 is 1.00 bits per heavy atom. The molecule has 1 fully saturated rings. The molecule has 30 heavy (non-hydrogen) atoms. The van der Waals surface area contributed by atoms with Crippen molar-refractivity contribution < 1.29 is 9.18 Å². The van der Waals surface area contributed by atoms with Gasteiger partial charge in [0.1, 0.15) is 17.5 Å². The summed E-state index contributed by atoms with van der Waals surface area (Å²) in [5.74, 6) is 0.547. The highest BCUT2D eigenvalue weighted by Crippen LogP contribution is 2.42. The first-order valence-corrected chi connectivity index (χ1v) is 10.2. The molecule has 0 spiro atoms. The Morgan fingerprint density at radius 2 is 1.70 bits per heavy atom. The number of anilines is 3. The van der Waals surface area contributed by atoms with E-state index in [1.807, 2.05) is 30.3 Å². The fourth-order valence-electron chi connectivity index (χ4n) is 4.10. The number of hydrogen-bond acceptors (Lipinski definition) is 4. The molecule has 1 saturated carbocycles. The van der Waals surface area contributed by atoms with Gasteiger partial charge in [0.25, 0.3) is 0 Å². The van der Waals surface area contributed by atoms with Gasteiger partial charge in [0.05, 0.1) is 11.1 Å². The van der Waals surface area contributed by atoms with Crippen LogP contribution in [0.4, 0.5) is 21.7 Å². The molecule has 4 N–H and O–H groups in total. The van der Waals surface area contributed by atoms with Gasteiger partial charge in [-0.2, -0.15) is 0 Å². The molecule has 0 saturated heterocycles. The van der Waals surface area contributed by atoms with Crippen molar-refractivity contribution in [1.82, 2.24) is 4.98 Å². The average Bonchev–Trinajstić information content (AvgIpc) is 3.27. The molecule has 0 atom stereocenters. The predicted octanol–water partition coefficient (Wildman–Crippen LogP) is 4.87. The average molecular weight is 404 g/mol. The van der Waals surface area contributed by atoms with Crippen LogP contribution in [0, 0.1) is 5.82 Å². The van der Waals surface area contributed by atoms with Crippen molar-refractivity contribution in [1.29, 1.82) is 0 Å². The zero-order valence-electron chi connectivity index (χ0n) is 16.7. The number of nitrogens with two attached hydrogens (primary N) is 1. The van der Waals surface area contributed by atoms with Crippen LogP contribution >= 0.6 is 0 Å². The third kappa shape index (κ3) is 4.13. The standard InChI is InChI=1S/C24H25FN4O/c25-19-10-8-17(9-11-19)16-27-21-13-12-20(22(26)29-21)28-23(30)24(14-4-5-15-24)18-6-2-1-3-7-18/h1-3,6-13H,4-5,14-16H2,(H,28,30)(H3,26,27,29). The number of amides is 1.